The lowest BCUT2D eigenvalue weighted by Gasteiger charge is -2.16. The topological polar surface area (TPSA) is 47.3 Å². The van der Waals surface area contributed by atoms with Gasteiger partial charge in [0.05, 0.1) is 29.5 Å². The first-order valence-electron chi connectivity index (χ1n) is 5.87. The number of hydrogen-bond donors (Lipinski definition) is 1. The minimum Gasteiger partial charge on any atom is -0.383 e. The summed E-state index contributed by atoms with van der Waals surface area (Å²) in [6, 6.07) is 5.69. The number of aliphatic hydroxyl groups is 1. The van der Waals surface area contributed by atoms with Gasteiger partial charge in [-0.05, 0) is 34.1 Å². The average Bonchev–Trinajstić information content (AvgIpc) is 2.79. The zero-order chi connectivity index (χ0) is 14.7. The summed E-state index contributed by atoms with van der Waals surface area (Å²) in [6.45, 7) is 1.12. The summed E-state index contributed by atoms with van der Waals surface area (Å²) in [5, 5.41) is 14.9. The lowest BCUT2D eigenvalue weighted by atomic mass is 10.1. The van der Waals surface area contributed by atoms with Gasteiger partial charge in [-0.3, -0.25) is 4.68 Å². The largest absolute Gasteiger partial charge is 0.383 e. The number of hydrogen-bond acceptors (Lipinski definition) is 3. The van der Waals surface area contributed by atoms with Crippen molar-refractivity contribution in [1.29, 1.82) is 0 Å². The van der Waals surface area contributed by atoms with Crippen molar-refractivity contribution >= 4 is 47.8 Å². The van der Waals surface area contributed by atoms with E-state index in [4.69, 9.17) is 4.74 Å². The molecule has 0 saturated carbocycles. The van der Waals surface area contributed by atoms with Crippen LogP contribution in [0.1, 0.15) is 17.4 Å². The van der Waals surface area contributed by atoms with Crippen LogP contribution in [0.5, 0.6) is 0 Å². The molecule has 1 atom stereocenters. The SMILES string of the molecule is COCCn1ncc(Br)c1C(O)c1cc(Br)ccc1Br. The van der Waals surface area contributed by atoms with E-state index in [0.717, 1.165) is 19.0 Å². The maximum absolute atomic E-state index is 10.7. The monoisotopic (exact) mass is 466 g/mol. The predicted molar refractivity (Wildman–Crippen MR) is 87.7 cm³/mol. The molecule has 1 aromatic carbocycles. The van der Waals surface area contributed by atoms with Gasteiger partial charge in [-0.15, -0.1) is 0 Å². The first kappa shape index (κ1) is 16.2. The third kappa shape index (κ3) is 3.51. The standard InChI is InChI=1S/C13H13Br3N2O2/c1-20-5-4-18-12(11(16)7-17-18)13(19)9-6-8(14)2-3-10(9)15/h2-3,6-7,13,19H,4-5H2,1H3. The molecule has 0 spiro atoms. The molecule has 0 amide bonds. The number of benzene rings is 1. The Morgan fingerprint density at radius 1 is 1.30 bits per heavy atom. The summed E-state index contributed by atoms with van der Waals surface area (Å²) in [4.78, 5) is 0. The Balaban J connectivity index is 2.39. The molecule has 0 aliphatic rings. The Morgan fingerprint density at radius 3 is 2.75 bits per heavy atom. The summed E-state index contributed by atoms with van der Waals surface area (Å²) in [5.74, 6) is 0. The van der Waals surface area contributed by atoms with Gasteiger partial charge in [-0.25, -0.2) is 0 Å². The Kier molecular flexibility index (Phi) is 5.80. The number of aliphatic hydroxyl groups excluding tert-OH is 1. The van der Waals surface area contributed by atoms with Gasteiger partial charge in [-0.2, -0.15) is 5.10 Å². The summed E-state index contributed by atoms with van der Waals surface area (Å²) in [7, 11) is 1.64. The Labute approximate surface area is 142 Å². The van der Waals surface area contributed by atoms with Crippen LogP contribution in [0.3, 0.4) is 0 Å². The Morgan fingerprint density at radius 2 is 2.05 bits per heavy atom. The van der Waals surface area contributed by atoms with E-state index in [0.29, 0.717) is 18.8 Å². The van der Waals surface area contributed by atoms with Crippen molar-refractivity contribution in [3.63, 3.8) is 0 Å². The zero-order valence-electron chi connectivity index (χ0n) is 10.7. The summed E-state index contributed by atoms with van der Waals surface area (Å²) in [5.41, 5.74) is 1.49. The molecule has 1 unspecified atom stereocenters. The van der Waals surface area contributed by atoms with Gasteiger partial charge in [0.1, 0.15) is 6.10 Å². The molecular weight excluding hydrogens is 456 g/mol. The minimum atomic E-state index is -0.782. The van der Waals surface area contributed by atoms with E-state index in [-0.39, 0.29) is 0 Å². The predicted octanol–water partition coefficient (Wildman–Crippen LogP) is 3.90. The fourth-order valence-electron chi connectivity index (χ4n) is 1.87. The lowest BCUT2D eigenvalue weighted by Crippen LogP contribution is -2.14. The third-order valence-corrected chi connectivity index (χ3v) is 4.68. The van der Waals surface area contributed by atoms with E-state index in [1.807, 2.05) is 18.2 Å². The second-order valence-corrected chi connectivity index (χ2v) is 6.79. The first-order valence-corrected chi connectivity index (χ1v) is 8.25. The number of halogens is 3. The van der Waals surface area contributed by atoms with E-state index < -0.39 is 6.10 Å². The highest BCUT2D eigenvalue weighted by Gasteiger charge is 2.21. The minimum absolute atomic E-state index is 0.535. The van der Waals surface area contributed by atoms with Gasteiger partial charge in [-0.1, -0.05) is 31.9 Å². The molecule has 0 saturated heterocycles. The molecule has 0 aliphatic carbocycles. The Hall–Kier alpha value is -0.210. The molecule has 0 radical (unpaired) electrons. The maximum atomic E-state index is 10.7. The van der Waals surface area contributed by atoms with Crippen LogP contribution in [0.4, 0.5) is 0 Å². The van der Waals surface area contributed by atoms with E-state index >= 15 is 0 Å². The molecule has 4 nitrogen and oxygen atoms in total. The molecule has 1 heterocycles. The quantitative estimate of drug-likeness (QED) is 0.724. The average molecular weight is 469 g/mol. The van der Waals surface area contributed by atoms with Crippen LogP contribution in [0.15, 0.2) is 37.8 Å². The van der Waals surface area contributed by atoms with Crippen molar-refractivity contribution < 1.29 is 9.84 Å². The van der Waals surface area contributed by atoms with Crippen LogP contribution in [0.25, 0.3) is 0 Å². The van der Waals surface area contributed by atoms with Crippen LogP contribution < -0.4 is 0 Å². The van der Waals surface area contributed by atoms with E-state index in [1.54, 1.807) is 18.0 Å². The van der Waals surface area contributed by atoms with Gasteiger partial charge in [0.15, 0.2) is 0 Å². The smallest absolute Gasteiger partial charge is 0.123 e. The van der Waals surface area contributed by atoms with Crippen molar-refractivity contribution in [2.45, 2.75) is 12.6 Å². The van der Waals surface area contributed by atoms with E-state index in [2.05, 4.69) is 52.9 Å². The van der Waals surface area contributed by atoms with Gasteiger partial charge in [0, 0.05) is 21.6 Å². The second-order valence-electron chi connectivity index (χ2n) is 4.16. The highest BCUT2D eigenvalue weighted by molar-refractivity contribution is 9.11. The van der Waals surface area contributed by atoms with Gasteiger partial charge < -0.3 is 9.84 Å². The number of aromatic nitrogens is 2. The van der Waals surface area contributed by atoms with Crippen LogP contribution in [0.2, 0.25) is 0 Å². The molecule has 108 valence electrons. The molecular formula is C13H13Br3N2O2. The molecule has 0 fully saturated rings. The normalized spacial score (nSPS) is 12.7. The first-order chi connectivity index (χ1) is 9.54. The summed E-state index contributed by atoms with van der Waals surface area (Å²) < 4.78 is 9.33. The lowest BCUT2D eigenvalue weighted by molar-refractivity contribution is 0.171. The van der Waals surface area contributed by atoms with Crippen molar-refractivity contribution in [1.82, 2.24) is 9.78 Å². The molecule has 1 N–H and O–H groups in total. The van der Waals surface area contributed by atoms with Gasteiger partial charge in [0.2, 0.25) is 0 Å². The van der Waals surface area contributed by atoms with Gasteiger partial charge >= 0.3 is 0 Å². The van der Waals surface area contributed by atoms with Crippen LogP contribution >= 0.6 is 47.8 Å². The van der Waals surface area contributed by atoms with Crippen molar-refractivity contribution in [3.8, 4) is 0 Å². The second kappa shape index (κ2) is 7.17. The van der Waals surface area contributed by atoms with Gasteiger partial charge in [0.25, 0.3) is 0 Å². The fourth-order valence-corrected chi connectivity index (χ4v) is 3.23. The van der Waals surface area contributed by atoms with Crippen molar-refractivity contribution in [3.05, 3.63) is 49.1 Å². The number of ether oxygens (including phenoxy) is 1. The number of rotatable bonds is 5. The van der Waals surface area contributed by atoms with Crippen molar-refractivity contribution in [2.75, 3.05) is 13.7 Å². The molecule has 1 aromatic heterocycles. The highest BCUT2D eigenvalue weighted by Crippen LogP contribution is 2.34. The van der Waals surface area contributed by atoms with Crippen LogP contribution in [-0.2, 0) is 11.3 Å². The zero-order valence-corrected chi connectivity index (χ0v) is 15.4. The Bertz CT molecular complexity index is 601. The molecule has 7 heteroatoms. The number of methoxy groups -OCH3 is 1. The van der Waals surface area contributed by atoms with E-state index in [1.165, 1.54) is 0 Å². The summed E-state index contributed by atoms with van der Waals surface area (Å²) >= 11 is 10.3. The summed E-state index contributed by atoms with van der Waals surface area (Å²) in [6.07, 6.45) is 0.899. The molecule has 0 bridgehead atoms. The fraction of sp³-hybridized carbons (Fsp3) is 0.308. The highest BCUT2D eigenvalue weighted by atomic mass is 79.9. The molecule has 20 heavy (non-hydrogen) atoms. The molecule has 2 aromatic rings. The molecule has 2 rings (SSSR count). The van der Waals surface area contributed by atoms with Crippen LogP contribution in [0, 0.1) is 0 Å². The van der Waals surface area contributed by atoms with Crippen molar-refractivity contribution in [2.24, 2.45) is 0 Å². The third-order valence-electron chi connectivity index (χ3n) is 2.85. The van der Waals surface area contributed by atoms with Crippen LogP contribution in [-0.4, -0.2) is 28.6 Å². The molecule has 0 aliphatic heterocycles. The number of nitrogens with zero attached hydrogens (tertiary/aromatic N) is 2. The maximum Gasteiger partial charge on any atom is 0.123 e. The van der Waals surface area contributed by atoms with E-state index in [9.17, 15) is 5.11 Å².